The van der Waals surface area contributed by atoms with Crippen LogP contribution < -0.4 is 16.0 Å². The third-order valence-electron chi connectivity index (χ3n) is 6.92. The van der Waals surface area contributed by atoms with Crippen molar-refractivity contribution in [1.82, 2.24) is 20.6 Å². The lowest BCUT2D eigenvalue weighted by Gasteiger charge is -2.17. The lowest BCUT2D eigenvalue weighted by Crippen LogP contribution is -2.27. The Morgan fingerprint density at radius 3 is 2.63 bits per heavy atom. The van der Waals surface area contributed by atoms with Gasteiger partial charge in [0.1, 0.15) is 0 Å². The molecule has 4 aromatic rings. The van der Waals surface area contributed by atoms with Crippen molar-refractivity contribution in [3.05, 3.63) is 101 Å². The Morgan fingerprint density at radius 1 is 1.10 bits per heavy atom. The fourth-order valence-electron chi connectivity index (χ4n) is 4.38. The minimum absolute atomic E-state index is 0.0511. The summed E-state index contributed by atoms with van der Waals surface area (Å²) in [6.45, 7) is 3.78. The molecule has 0 radical (unpaired) electrons. The molecule has 1 aromatic heterocycles. The maximum absolute atomic E-state index is 13.1. The van der Waals surface area contributed by atoms with E-state index in [4.69, 9.17) is 5.41 Å². The number of nitrogens with one attached hydrogen (secondary N) is 4. The molecule has 0 aliphatic heterocycles. The van der Waals surface area contributed by atoms with Gasteiger partial charge in [-0.3, -0.25) is 4.79 Å². The zero-order valence-electron chi connectivity index (χ0n) is 22.5. The summed E-state index contributed by atoms with van der Waals surface area (Å²) in [4.78, 5) is 21.7. The number of allylic oxidation sites excluding steroid dienone is 1. The average Bonchev–Trinajstić information content (AvgIpc) is 3.79. The second-order valence-corrected chi connectivity index (χ2v) is 10.1. The van der Waals surface area contributed by atoms with Gasteiger partial charge in [-0.1, -0.05) is 24.3 Å². The Hall–Kier alpha value is -4.73. The van der Waals surface area contributed by atoms with E-state index in [-0.39, 0.29) is 5.56 Å². The summed E-state index contributed by atoms with van der Waals surface area (Å²) in [7, 11) is 0. The monoisotopic (exact) mass is 558 g/mol. The predicted molar refractivity (Wildman–Crippen MR) is 154 cm³/mol. The first-order valence-electron chi connectivity index (χ1n) is 13.2. The SMILES string of the molecule is Cc1ccc(C(C)NC(=O)c2cccc(C(F)(F)F)c2)cc1-c1ccc2nc(N/C(C=N)=C/NC3CC3)ncc2c1. The molecule has 4 N–H and O–H groups in total. The van der Waals surface area contributed by atoms with Gasteiger partial charge < -0.3 is 21.4 Å². The normalized spacial score (nSPS) is 14.4. The maximum atomic E-state index is 13.1. The van der Waals surface area contributed by atoms with Crippen LogP contribution in [0.1, 0.15) is 52.9 Å². The molecular weight excluding hydrogens is 529 g/mol. The molecule has 1 aliphatic rings. The number of hydrogen-bond donors (Lipinski definition) is 4. The van der Waals surface area contributed by atoms with E-state index in [1.165, 1.54) is 18.3 Å². The van der Waals surface area contributed by atoms with Crippen molar-refractivity contribution in [2.24, 2.45) is 0 Å². The van der Waals surface area contributed by atoms with Crippen LogP contribution in [0, 0.1) is 12.3 Å². The molecule has 1 aliphatic carbocycles. The van der Waals surface area contributed by atoms with Crippen molar-refractivity contribution in [3.8, 4) is 11.1 Å². The number of carbonyl (C=O) groups is 1. The highest BCUT2D eigenvalue weighted by atomic mass is 19.4. The molecule has 0 saturated heterocycles. The summed E-state index contributed by atoms with van der Waals surface area (Å²) in [6, 6.07) is 16.1. The molecule has 1 fully saturated rings. The molecular formula is C31H29F3N6O. The molecule has 1 heterocycles. The number of aromatic nitrogens is 2. The van der Waals surface area contributed by atoms with Gasteiger partial charge in [0.25, 0.3) is 5.91 Å². The summed E-state index contributed by atoms with van der Waals surface area (Å²) in [5, 5.41) is 17.6. The zero-order valence-corrected chi connectivity index (χ0v) is 22.5. The first-order chi connectivity index (χ1) is 19.6. The molecule has 1 unspecified atom stereocenters. The van der Waals surface area contributed by atoms with E-state index >= 15 is 0 Å². The first kappa shape index (κ1) is 27.8. The Bertz CT molecular complexity index is 1640. The summed E-state index contributed by atoms with van der Waals surface area (Å²) in [6.07, 6.45) is 2.44. The second kappa shape index (κ2) is 11.4. The number of fused-ring (bicyclic) bond motifs is 1. The highest BCUT2D eigenvalue weighted by Gasteiger charge is 2.31. The molecule has 3 aromatic carbocycles. The molecule has 1 atom stereocenters. The highest BCUT2D eigenvalue weighted by Crippen LogP contribution is 2.31. The number of hydrogen-bond acceptors (Lipinski definition) is 6. The fourth-order valence-corrected chi connectivity index (χ4v) is 4.38. The maximum Gasteiger partial charge on any atom is 0.416 e. The number of rotatable bonds is 9. The van der Waals surface area contributed by atoms with Crippen LogP contribution in [0.15, 0.2) is 78.8 Å². The molecule has 5 rings (SSSR count). The standard InChI is InChI=1S/C31H29F3N6O/c1-18-6-7-20(19(2)38-29(41)22-4-3-5-24(13-22)31(32,33)34)14-27(18)21-8-11-28-23(12-21)16-37-30(40-28)39-26(15-35)17-36-25-9-10-25/h3-8,11-17,19,25,35-36H,9-10H2,1-2H3,(H,38,41)(H,37,39,40)/b26-17+,35-15?. The van der Waals surface area contributed by atoms with Gasteiger partial charge in [0.2, 0.25) is 5.95 Å². The average molecular weight is 559 g/mol. The van der Waals surface area contributed by atoms with Crippen molar-refractivity contribution in [2.45, 2.75) is 44.9 Å². The summed E-state index contributed by atoms with van der Waals surface area (Å²) >= 11 is 0. The number of anilines is 1. The quantitative estimate of drug-likeness (QED) is 0.170. The zero-order chi connectivity index (χ0) is 29.1. The Labute approximate surface area is 235 Å². The van der Waals surface area contributed by atoms with E-state index in [0.29, 0.717) is 17.7 Å². The topological polar surface area (TPSA) is 103 Å². The van der Waals surface area contributed by atoms with Gasteiger partial charge in [0.15, 0.2) is 0 Å². The van der Waals surface area contributed by atoms with Crippen molar-refractivity contribution in [3.63, 3.8) is 0 Å². The van der Waals surface area contributed by atoms with E-state index in [1.54, 1.807) is 19.3 Å². The number of nitrogens with zero attached hydrogens (tertiary/aromatic N) is 2. The van der Waals surface area contributed by atoms with Gasteiger partial charge in [-0.15, -0.1) is 0 Å². The second-order valence-electron chi connectivity index (χ2n) is 10.1. The van der Waals surface area contributed by atoms with Crippen LogP contribution in [-0.4, -0.2) is 28.1 Å². The van der Waals surface area contributed by atoms with Crippen molar-refractivity contribution in [1.29, 1.82) is 5.41 Å². The van der Waals surface area contributed by atoms with Gasteiger partial charge in [0.05, 0.1) is 22.8 Å². The molecule has 7 nitrogen and oxygen atoms in total. The summed E-state index contributed by atoms with van der Waals surface area (Å²) in [5.41, 5.74) is 4.11. The lowest BCUT2D eigenvalue weighted by molar-refractivity contribution is -0.137. The predicted octanol–water partition coefficient (Wildman–Crippen LogP) is 6.77. The van der Waals surface area contributed by atoms with Crippen LogP contribution in [0.4, 0.5) is 19.1 Å². The number of aryl methyl sites for hydroxylation is 1. The van der Waals surface area contributed by atoms with Gasteiger partial charge in [-0.25, -0.2) is 9.97 Å². The molecule has 210 valence electrons. The smallest absolute Gasteiger partial charge is 0.386 e. The van der Waals surface area contributed by atoms with E-state index in [9.17, 15) is 18.0 Å². The lowest BCUT2D eigenvalue weighted by atomic mass is 9.95. The van der Waals surface area contributed by atoms with Crippen LogP contribution in [-0.2, 0) is 6.18 Å². The number of halogens is 3. The first-order valence-corrected chi connectivity index (χ1v) is 13.2. The Balaban J connectivity index is 1.33. The van der Waals surface area contributed by atoms with Gasteiger partial charge in [-0.2, -0.15) is 13.2 Å². The third-order valence-corrected chi connectivity index (χ3v) is 6.92. The van der Waals surface area contributed by atoms with E-state index in [0.717, 1.165) is 58.1 Å². The van der Waals surface area contributed by atoms with Crippen LogP contribution in [0.2, 0.25) is 0 Å². The molecule has 0 spiro atoms. The van der Waals surface area contributed by atoms with Crippen LogP contribution in [0.3, 0.4) is 0 Å². The van der Waals surface area contributed by atoms with Gasteiger partial charge in [0, 0.05) is 35.6 Å². The van der Waals surface area contributed by atoms with E-state index in [1.807, 2.05) is 43.3 Å². The number of benzene rings is 3. The largest absolute Gasteiger partial charge is 0.416 e. The number of carbonyl (C=O) groups excluding carboxylic acids is 1. The molecule has 10 heteroatoms. The number of alkyl halides is 3. The number of amides is 1. The third kappa shape index (κ3) is 6.71. The molecule has 0 bridgehead atoms. The summed E-state index contributed by atoms with van der Waals surface area (Å²) < 4.78 is 39.3. The van der Waals surface area contributed by atoms with E-state index in [2.05, 4.69) is 25.9 Å². The van der Waals surface area contributed by atoms with Crippen LogP contribution in [0.25, 0.3) is 22.0 Å². The van der Waals surface area contributed by atoms with Crippen molar-refractivity contribution in [2.75, 3.05) is 5.32 Å². The molecule has 1 amide bonds. The van der Waals surface area contributed by atoms with Gasteiger partial charge >= 0.3 is 6.18 Å². The Kier molecular flexibility index (Phi) is 7.74. The van der Waals surface area contributed by atoms with E-state index < -0.39 is 23.7 Å². The fraction of sp³-hybridized carbons (Fsp3) is 0.226. The van der Waals surface area contributed by atoms with Crippen molar-refractivity contribution >= 4 is 29.0 Å². The molecule has 1 saturated carbocycles. The van der Waals surface area contributed by atoms with Crippen molar-refractivity contribution < 1.29 is 18.0 Å². The van der Waals surface area contributed by atoms with Gasteiger partial charge in [-0.05, 0) is 85.3 Å². The minimum atomic E-state index is -4.52. The van der Waals surface area contributed by atoms with Crippen LogP contribution >= 0.6 is 0 Å². The minimum Gasteiger partial charge on any atom is -0.386 e. The highest BCUT2D eigenvalue weighted by molar-refractivity contribution is 5.94. The van der Waals surface area contributed by atoms with Crippen LogP contribution in [0.5, 0.6) is 0 Å². The molecule has 41 heavy (non-hydrogen) atoms. The summed E-state index contributed by atoms with van der Waals surface area (Å²) in [5.74, 6) is -0.191. The Morgan fingerprint density at radius 2 is 1.90 bits per heavy atom.